The zero-order valence-electron chi connectivity index (χ0n) is 10.7. The second kappa shape index (κ2) is 5.02. The number of primary sulfonamides is 1. The van der Waals surface area contributed by atoms with Crippen molar-refractivity contribution in [2.75, 3.05) is 5.73 Å². The average Bonchev–Trinajstić information content (AvgIpc) is 2.83. The summed E-state index contributed by atoms with van der Waals surface area (Å²) in [6, 6.07) is 9.92. The third kappa shape index (κ3) is 2.71. The second-order valence-electron chi connectivity index (χ2n) is 4.26. The Morgan fingerprint density at radius 2 is 1.95 bits per heavy atom. The van der Waals surface area contributed by atoms with E-state index in [0.29, 0.717) is 15.7 Å². The van der Waals surface area contributed by atoms with Gasteiger partial charge in [-0.1, -0.05) is 6.07 Å². The highest BCUT2D eigenvalue weighted by Gasteiger charge is 2.13. The van der Waals surface area contributed by atoms with Crippen molar-refractivity contribution >= 4 is 33.1 Å². The molecule has 2 heterocycles. The highest BCUT2D eigenvalue weighted by atomic mass is 32.2. The minimum atomic E-state index is -3.76. The molecule has 7 nitrogen and oxygen atoms in total. The van der Waals surface area contributed by atoms with Crippen molar-refractivity contribution in [2.24, 2.45) is 5.14 Å². The number of sulfonamides is 1. The fourth-order valence-electron chi connectivity index (χ4n) is 1.78. The first-order valence-corrected chi connectivity index (χ1v) is 8.21. The third-order valence-corrected chi connectivity index (χ3v) is 4.76. The molecular weight excluding hydrogens is 310 g/mol. The number of hydrogen-bond donors (Lipinski definition) is 2. The predicted octanol–water partition coefficient (Wildman–Crippen LogP) is 1.11. The van der Waals surface area contributed by atoms with Crippen molar-refractivity contribution in [3.05, 3.63) is 42.6 Å². The van der Waals surface area contributed by atoms with Crippen molar-refractivity contribution in [1.82, 2.24) is 14.6 Å². The van der Waals surface area contributed by atoms with E-state index in [9.17, 15) is 8.42 Å². The van der Waals surface area contributed by atoms with Gasteiger partial charge in [-0.2, -0.15) is 0 Å². The number of pyridine rings is 1. The van der Waals surface area contributed by atoms with E-state index in [1.54, 1.807) is 6.07 Å². The first-order chi connectivity index (χ1) is 9.95. The van der Waals surface area contributed by atoms with Gasteiger partial charge in [-0.15, -0.1) is 10.2 Å². The normalized spacial score (nSPS) is 11.9. The summed E-state index contributed by atoms with van der Waals surface area (Å²) in [6.07, 6.45) is 1.84. The Labute approximate surface area is 125 Å². The van der Waals surface area contributed by atoms with E-state index in [-0.39, 0.29) is 4.90 Å². The van der Waals surface area contributed by atoms with Crippen LogP contribution >= 0.6 is 11.8 Å². The molecule has 4 N–H and O–H groups in total. The zero-order chi connectivity index (χ0) is 15.0. The first kappa shape index (κ1) is 13.9. The second-order valence-corrected chi connectivity index (χ2v) is 6.83. The van der Waals surface area contributed by atoms with Crippen molar-refractivity contribution in [1.29, 1.82) is 0 Å². The van der Waals surface area contributed by atoms with Crippen LogP contribution in [0.15, 0.2) is 57.5 Å². The van der Waals surface area contributed by atoms with Gasteiger partial charge in [0, 0.05) is 16.8 Å². The fraction of sp³-hybridized carbons (Fsp3) is 0. The van der Waals surface area contributed by atoms with Crippen molar-refractivity contribution < 1.29 is 8.42 Å². The molecule has 0 aliphatic carbocycles. The highest BCUT2D eigenvalue weighted by molar-refractivity contribution is 7.99. The lowest BCUT2D eigenvalue weighted by atomic mass is 10.3. The minimum Gasteiger partial charge on any atom is -0.398 e. The average molecular weight is 321 g/mol. The highest BCUT2D eigenvalue weighted by Crippen LogP contribution is 2.32. The number of aromatic nitrogens is 3. The minimum absolute atomic E-state index is 0.0181. The van der Waals surface area contributed by atoms with E-state index in [1.807, 2.05) is 28.8 Å². The van der Waals surface area contributed by atoms with Crippen LogP contribution < -0.4 is 10.9 Å². The summed E-state index contributed by atoms with van der Waals surface area (Å²) in [5.74, 6) is 0. The number of benzene rings is 1. The first-order valence-electron chi connectivity index (χ1n) is 5.85. The molecule has 2 aromatic heterocycles. The van der Waals surface area contributed by atoms with Crippen LogP contribution in [0.4, 0.5) is 5.69 Å². The van der Waals surface area contributed by atoms with E-state index < -0.39 is 10.0 Å². The summed E-state index contributed by atoms with van der Waals surface area (Å²) in [4.78, 5) is 0.663. The summed E-state index contributed by atoms with van der Waals surface area (Å²) in [6.45, 7) is 0. The number of rotatable bonds is 3. The van der Waals surface area contributed by atoms with E-state index >= 15 is 0 Å². The molecule has 0 amide bonds. The van der Waals surface area contributed by atoms with Crippen molar-refractivity contribution in [3.63, 3.8) is 0 Å². The summed E-state index contributed by atoms with van der Waals surface area (Å²) in [5, 5.41) is 13.8. The van der Waals surface area contributed by atoms with Gasteiger partial charge in [0.15, 0.2) is 10.8 Å². The Morgan fingerprint density at radius 3 is 2.67 bits per heavy atom. The molecule has 21 heavy (non-hydrogen) atoms. The van der Waals surface area contributed by atoms with Crippen LogP contribution in [0, 0.1) is 0 Å². The van der Waals surface area contributed by atoms with Gasteiger partial charge in [-0.25, -0.2) is 13.6 Å². The van der Waals surface area contributed by atoms with Gasteiger partial charge in [0.25, 0.3) is 0 Å². The molecule has 0 saturated carbocycles. The molecule has 108 valence electrons. The fourth-order valence-corrected chi connectivity index (χ4v) is 3.18. The van der Waals surface area contributed by atoms with Gasteiger partial charge < -0.3 is 5.73 Å². The molecule has 0 fully saturated rings. The molecular formula is C12H11N5O2S2. The molecule has 0 spiro atoms. The maximum atomic E-state index is 11.3. The molecule has 0 saturated heterocycles. The van der Waals surface area contributed by atoms with Crippen LogP contribution in [-0.4, -0.2) is 23.0 Å². The molecule has 3 rings (SSSR count). The summed E-state index contributed by atoms with van der Waals surface area (Å²) in [7, 11) is -3.76. The van der Waals surface area contributed by atoms with Gasteiger partial charge in [-0.3, -0.25) is 4.40 Å². The number of nitrogen functional groups attached to an aromatic ring is 1. The Hall–Kier alpha value is -2.10. The third-order valence-electron chi connectivity index (χ3n) is 2.79. The molecule has 0 unspecified atom stereocenters. The topological polar surface area (TPSA) is 116 Å². The molecule has 3 aromatic rings. The number of nitrogens with two attached hydrogens (primary N) is 2. The monoisotopic (exact) mass is 321 g/mol. The lowest BCUT2D eigenvalue weighted by Crippen LogP contribution is -2.12. The number of fused-ring (bicyclic) bond motifs is 1. The van der Waals surface area contributed by atoms with Crippen molar-refractivity contribution in [2.45, 2.75) is 14.9 Å². The van der Waals surface area contributed by atoms with Gasteiger partial charge in [0.1, 0.15) is 0 Å². The molecule has 0 atom stereocenters. The Bertz CT molecular complexity index is 920. The van der Waals surface area contributed by atoms with E-state index in [4.69, 9.17) is 10.9 Å². The van der Waals surface area contributed by atoms with E-state index in [1.165, 1.54) is 23.9 Å². The predicted molar refractivity (Wildman–Crippen MR) is 79.3 cm³/mol. The van der Waals surface area contributed by atoms with E-state index in [2.05, 4.69) is 10.2 Å². The molecule has 0 bridgehead atoms. The maximum absolute atomic E-state index is 11.3. The maximum Gasteiger partial charge on any atom is 0.238 e. The summed E-state index contributed by atoms with van der Waals surface area (Å²) < 4.78 is 24.4. The van der Waals surface area contributed by atoms with Crippen LogP contribution in [0.25, 0.3) is 5.65 Å². The lowest BCUT2D eigenvalue weighted by molar-refractivity contribution is 0.598. The van der Waals surface area contributed by atoms with Crippen LogP contribution in [0.1, 0.15) is 0 Å². The lowest BCUT2D eigenvalue weighted by Gasteiger charge is -2.06. The summed E-state index contributed by atoms with van der Waals surface area (Å²) >= 11 is 1.30. The quantitative estimate of drug-likeness (QED) is 0.698. The Balaban J connectivity index is 1.99. The SMILES string of the molecule is Nc1cc(S(N)(=O)=O)ccc1Sc1nnc2ccccn12. The van der Waals surface area contributed by atoms with E-state index in [0.717, 1.165) is 5.65 Å². The number of anilines is 1. The largest absolute Gasteiger partial charge is 0.398 e. The van der Waals surface area contributed by atoms with Gasteiger partial charge in [0.05, 0.1) is 4.90 Å². The molecule has 1 aromatic carbocycles. The van der Waals surface area contributed by atoms with Crippen LogP contribution in [-0.2, 0) is 10.0 Å². The summed E-state index contributed by atoms with van der Waals surface area (Å²) in [5.41, 5.74) is 6.92. The van der Waals surface area contributed by atoms with Crippen LogP contribution in [0.2, 0.25) is 0 Å². The zero-order valence-corrected chi connectivity index (χ0v) is 12.3. The molecule has 9 heteroatoms. The van der Waals surface area contributed by atoms with Gasteiger partial charge in [0.2, 0.25) is 10.0 Å². The smallest absolute Gasteiger partial charge is 0.238 e. The van der Waals surface area contributed by atoms with Gasteiger partial charge in [-0.05, 0) is 42.1 Å². The Morgan fingerprint density at radius 1 is 1.14 bits per heavy atom. The van der Waals surface area contributed by atoms with Crippen molar-refractivity contribution in [3.8, 4) is 0 Å². The number of hydrogen-bond acceptors (Lipinski definition) is 6. The van der Waals surface area contributed by atoms with Gasteiger partial charge >= 0.3 is 0 Å². The molecule has 0 aliphatic heterocycles. The Kier molecular flexibility index (Phi) is 3.32. The number of nitrogens with zero attached hydrogens (tertiary/aromatic N) is 3. The molecule has 0 radical (unpaired) electrons. The standard InChI is InChI=1S/C12H11N5O2S2/c13-9-7-8(21(14,18)19)4-5-10(9)20-12-16-15-11-3-1-2-6-17(11)12/h1-7H,13H2,(H2,14,18,19). The van der Waals surface area contributed by atoms with Crippen LogP contribution in [0.5, 0.6) is 0 Å². The molecule has 0 aliphatic rings. The van der Waals surface area contributed by atoms with Crippen LogP contribution in [0.3, 0.4) is 0 Å².